The maximum Gasteiger partial charge on any atom is 0.412 e. The van der Waals surface area contributed by atoms with E-state index in [1.807, 2.05) is 66.7 Å². The first-order valence-corrected chi connectivity index (χ1v) is 24.0. The lowest BCUT2D eigenvalue weighted by molar-refractivity contribution is -0.250. The maximum atomic E-state index is 14.9. The van der Waals surface area contributed by atoms with E-state index < -0.39 is 39.8 Å². The number of nitrogens with one attached hydrogen (secondary N) is 2. The van der Waals surface area contributed by atoms with Crippen LogP contribution in [0.5, 0.6) is 11.5 Å². The SMILES string of the molecule is C=CCOC12Oc3ccc(OC(=O)NCc4ccccc4)cc3C3C(CCCCO)C(CCCCO)C=C(C(=NOCc4ccccc4)CC1N(C)S(=O)(=O)c1ccc(NC(C)=O)cc1)C32. The lowest BCUT2D eigenvalue weighted by atomic mass is 9.55. The molecule has 2 aliphatic carbocycles. The van der Waals surface area contributed by atoms with Crippen LogP contribution in [0.1, 0.15) is 74.5 Å². The molecule has 1 saturated carbocycles. The molecule has 350 valence electrons. The summed E-state index contributed by atoms with van der Waals surface area (Å²) in [6, 6.07) is 29.3. The van der Waals surface area contributed by atoms with Gasteiger partial charge in [0.2, 0.25) is 21.7 Å². The first-order valence-electron chi connectivity index (χ1n) is 22.6. The van der Waals surface area contributed by atoms with Crippen molar-refractivity contribution in [2.75, 3.05) is 32.2 Å². The number of unbranched alkanes of at least 4 members (excludes halogenated alkanes) is 2. The molecule has 3 aliphatic rings. The molecule has 0 saturated heterocycles. The number of carbonyl (C=O) groups is 2. The average molecular weight is 921 g/mol. The Morgan fingerprint density at radius 2 is 1.61 bits per heavy atom. The molecule has 4 aromatic carbocycles. The number of sulfonamides is 1. The van der Waals surface area contributed by atoms with Crippen molar-refractivity contribution >= 4 is 33.4 Å². The predicted octanol–water partition coefficient (Wildman–Crippen LogP) is 8.09. The number of allylic oxidation sites excluding steroid dienone is 1. The second-order valence-electron chi connectivity index (χ2n) is 17.0. The van der Waals surface area contributed by atoms with Crippen LogP contribution in [0.3, 0.4) is 0 Å². The zero-order valence-corrected chi connectivity index (χ0v) is 38.3. The minimum Gasteiger partial charge on any atom is -0.460 e. The summed E-state index contributed by atoms with van der Waals surface area (Å²) in [7, 11) is -2.77. The zero-order valence-electron chi connectivity index (χ0n) is 37.5. The summed E-state index contributed by atoms with van der Waals surface area (Å²) in [5, 5.41) is 30.2. The molecule has 1 fully saturated rings. The van der Waals surface area contributed by atoms with Crippen LogP contribution >= 0.6 is 0 Å². The van der Waals surface area contributed by atoms with Gasteiger partial charge in [0.05, 0.1) is 29.2 Å². The summed E-state index contributed by atoms with van der Waals surface area (Å²) in [4.78, 5) is 31.2. The number of hydrogen-bond acceptors (Lipinski definition) is 11. The van der Waals surface area contributed by atoms with Crippen molar-refractivity contribution in [1.29, 1.82) is 0 Å². The van der Waals surface area contributed by atoms with Crippen molar-refractivity contribution in [3.63, 3.8) is 0 Å². The molecule has 1 aliphatic heterocycles. The third-order valence-electron chi connectivity index (χ3n) is 12.7. The molecule has 15 heteroatoms. The van der Waals surface area contributed by atoms with Crippen molar-refractivity contribution in [3.05, 3.63) is 144 Å². The minimum absolute atomic E-state index is 0.00677. The van der Waals surface area contributed by atoms with Gasteiger partial charge in [-0.05, 0) is 96.7 Å². The van der Waals surface area contributed by atoms with Crippen LogP contribution in [0, 0.1) is 17.8 Å². The first-order chi connectivity index (χ1) is 32.0. The number of oxime groups is 1. The number of ether oxygens (including phenoxy) is 3. The minimum atomic E-state index is -4.28. The van der Waals surface area contributed by atoms with Crippen LogP contribution < -0.4 is 20.1 Å². The van der Waals surface area contributed by atoms with Gasteiger partial charge in [0, 0.05) is 57.3 Å². The number of amides is 2. The Morgan fingerprint density at radius 3 is 2.27 bits per heavy atom. The van der Waals surface area contributed by atoms with E-state index >= 15 is 0 Å². The summed E-state index contributed by atoms with van der Waals surface area (Å²) in [5.41, 5.74) is 4.34. The van der Waals surface area contributed by atoms with E-state index in [-0.39, 0.29) is 62.0 Å². The van der Waals surface area contributed by atoms with Gasteiger partial charge in [-0.2, -0.15) is 4.31 Å². The van der Waals surface area contributed by atoms with Crippen LogP contribution in [0.15, 0.2) is 137 Å². The average Bonchev–Trinajstić information content (AvgIpc) is 3.32. The number of hydrogen-bond donors (Lipinski definition) is 4. The van der Waals surface area contributed by atoms with Gasteiger partial charge in [-0.3, -0.25) is 4.79 Å². The molecule has 0 aromatic heterocycles. The number of rotatable bonds is 21. The molecule has 6 atom stereocenters. The number of benzene rings is 4. The molecule has 14 nitrogen and oxygen atoms in total. The van der Waals surface area contributed by atoms with Gasteiger partial charge in [-0.25, -0.2) is 13.2 Å². The molecule has 4 aromatic rings. The molecule has 6 unspecified atom stereocenters. The van der Waals surface area contributed by atoms with Crippen LogP contribution in [0.2, 0.25) is 0 Å². The standard InChI is InChI=1S/C51H60N4O10S/c1-4-29-62-51-47(55(3)66(60,61)41-24-21-39(22-25-41)53-35(2)58)32-45(54-63-34-37-17-9-6-10-18-37)43-30-38(19-11-13-27-56)42(20-12-14-28-57)48(49(43)51)44-31-40(23-26-46(44)65-51)64-50(59)52-33-36-15-7-5-8-16-36/h4-10,15-18,21-26,30-31,38,42,47-49,56-57H,1,11-14,19-20,27-29,32-34H2,2-3H3,(H,52,59)(H,53,58). The van der Waals surface area contributed by atoms with Crippen molar-refractivity contribution in [2.24, 2.45) is 22.9 Å². The molecule has 7 rings (SSSR count). The normalized spacial score (nSPS) is 22.6. The first kappa shape index (κ1) is 48.1. The molecular weight excluding hydrogens is 861 g/mol. The van der Waals surface area contributed by atoms with Gasteiger partial charge >= 0.3 is 6.09 Å². The zero-order chi connectivity index (χ0) is 46.7. The highest BCUT2D eigenvalue weighted by Gasteiger charge is 2.65. The van der Waals surface area contributed by atoms with Gasteiger partial charge in [0.15, 0.2) is 0 Å². The fourth-order valence-corrected chi connectivity index (χ4v) is 11.1. The molecule has 1 heterocycles. The molecule has 0 bridgehead atoms. The fourth-order valence-electron chi connectivity index (χ4n) is 9.69. The number of aliphatic hydroxyl groups is 2. The van der Waals surface area contributed by atoms with Gasteiger partial charge < -0.3 is 39.9 Å². The van der Waals surface area contributed by atoms with E-state index in [0.29, 0.717) is 48.6 Å². The van der Waals surface area contributed by atoms with E-state index in [9.17, 15) is 28.2 Å². The van der Waals surface area contributed by atoms with E-state index in [2.05, 4.69) is 23.3 Å². The summed E-state index contributed by atoms with van der Waals surface area (Å²) in [6.45, 7) is 5.86. The Bertz CT molecular complexity index is 2470. The Morgan fingerprint density at radius 1 is 0.924 bits per heavy atom. The van der Waals surface area contributed by atoms with Crippen molar-refractivity contribution in [3.8, 4) is 11.5 Å². The van der Waals surface area contributed by atoms with Crippen molar-refractivity contribution in [2.45, 2.75) is 87.7 Å². The Hall–Kier alpha value is -5.84. The summed E-state index contributed by atoms with van der Waals surface area (Å²) >= 11 is 0. The smallest absolute Gasteiger partial charge is 0.412 e. The second-order valence-corrected chi connectivity index (χ2v) is 19.0. The Balaban J connectivity index is 1.39. The lowest BCUT2D eigenvalue weighted by Gasteiger charge is -2.59. The highest BCUT2D eigenvalue weighted by Crippen LogP contribution is 2.62. The van der Waals surface area contributed by atoms with E-state index in [0.717, 1.165) is 35.1 Å². The van der Waals surface area contributed by atoms with Crippen LogP contribution in [0.4, 0.5) is 10.5 Å². The lowest BCUT2D eigenvalue weighted by Crippen LogP contribution is -2.69. The van der Waals surface area contributed by atoms with Crippen LogP contribution in [-0.2, 0) is 37.5 Å². The highest BCUT2D eigenvalue weighted by atomic mass is 32.2. The molecular formula is C51H60N4O10S. The Labute approximate surface area is 387 Å². The molecule has 0 radical (unpaired) electrons. The number of fused-ring (bicyclic) bond motifs is 2. The monoisotopic (exact) mass is 920 g/mol. The number of nitrogens with zero attached hydrogens (tertiary/aromatic N) is 2. The highest BCUT2D eigenvalue weighted by molar-refractivity contribution is 7.89. The quantitative estimate of drug-likeness (QED) is 0.0362. The van der Waals surface area contributed by atoms with E-state index in [1.54, 1.807) is 18.2 Å². The maximum absolute atomic E-state index is 14.9. The van der Waals surface area contributed by atoms with Crippen LogP contribution in [-0.4, -0.2) is 79.3 Å². The van der Waals surface area contributed by atoms with E-state index in [4.69, 9.17) is 24.2 Å². The van der Waals surface area contributed by atoms with Gasteiger partial charge in [0.1, 0.15) is 18.1 Å². The molecule has 4 N–H and O–H groups in total. The van der Waals surface area contributed by atoms with Gasteiger partial charge in [0.25, 0.3) is 0 Å². The van der Waals surface area contributed by atoms with Gasteiger partial charge in [-0.1, -0.05) is 90.8 Å². The predicted molar refractivity (Wildman–Crippen MR) is 251 cm³/mol. The third kappa shape index (κ3) is 10.9. The van der Waals surface area contributed by atoms with Crippen molar-refractivity contribution in [1.82, 2.24) is 9.62 Å². The van der Waals surface area contributed by atoms with Crippen LogP contribution in [0.25, 0.3) is 0 Å². The second kappa shape index (κ2) is 22.1. The van der Waals surface area contributed by atoms with Crippen molar-refractivity contribution < 1.29 is 47.3 Å². The summed E-state index contributed by atoms with van der Waals surface area (Å²) < 4.78 is 51.2. The molecule has 2 amide bonds. The number of anilines is 1. The molecule has 66 heavy (non-hydrogen) atoms. The fraction of sp³-hybridized carbons (Fsp3) is 0.392. The number of aliphatic hydroxyl groups excluding tert-OH is 2. The number of carbonyl (C=O) groups excluding carboxylic acids is 2. The summed E-state index contributed by atoms with van der Waals surface area (Å²) in [6.07, 6.45) is 7.27. The van der Waals surface area contributed by atoms with E-state index in [1.165, 1.54) is 42.5 Å². The largest absolute Gasteiger partial charge is 0.460 e. The number of likely N-dealkylation sites (N-methyl/N-ethyl adjacent to an activating group) is 1. The Kier molecular flexibility index (Phi) is 16.1. The summed E-state index contributed by atoms with van der Waals surface area (Å²) in [5.74, 6) is -2.46. The molecule has 0 spiro atoms. The van der Waals surface area contributed by atoms with Gasteiger partial charge in [-0.15, -0.1) is 6.58 Å². The third-order valence-corrected chi connectivity index (χ3v) is 14.6. The topological polar surface area (TPSA) is 185 Å².